The highest BCUT2D eigenvalue weighted by atomic mass is 35.5. The monoisotopic (exact) mass is 350 g/mol. The van der Waals surface area contributed by atoms with Gasteiger partial charge in [0.15, 0.2) is 0 Å². The quantitative estimate of drug-likeness (QED) is 0.792. The Morgan fingerprint density at radius 2 is 1.78 bits per heavy atom. The maximum absolute atomic E-state index is 11.9. The molecule has 2 aromatic carbocycles. The molecule has 2 N–H and O–H groups in total. The van der Waals surface area contributed by atoms with E-state index in [0.717, 1.165) is 17.5 Å². The topological polar surface area (TPSA) is 41.1 Å². The van der Waals surface area contributed by atoms with Crippen LogP contribution in [0.4, 0.5) is 0 Å². The van der Waals surface area contributed by atoms with Gasteiger partial charge in [-0.05, 0) is 48.7 Å². The molecule has 122 valence electrons. The summed E-state index contributed by atoms with van der Waals surface area (Å²) in [6.07, 6.45) is 0.760. The molecule has 0 fully saturated rings. The van der Waals surface area contributed by atoms with Crippen molar-refractivity contribution < 1.29 is 4.79 Å². The molecule has 0 saturated carbocycles. The minimum Gasteiger partial charge on any atom is -0.355 e. The van der Waals surface area contributed by atoms with E-state index in [9.17, 15) is 4.79 Å². The van der Waals surface area contributed by atoms with E-state index in [0.29, 0.717) is 16.6 Å². The second-order valence-corrected chi connectivity index (χ2v) is 6.26. The number of amides is 1. The fourth-order valence-electron chi connectivity index (χ4n) is 2.24. The fourth-order valence-corrected chi connectivity index (χ4v) is 2.65. The zero-order chi connectivity index (χ0) is 16.7. The van der Waals surface area contributed by atoms with Gasteiger partial charge in [0.05, 0.1) is 6.54 Å². The lowest BCUT2D eigenvalue weighted by molar-refractivity contribution is -0.120. The molecule has 0 saturated heterocycles. The molecule has 0 radical (unpaired) electrons. The van der Waals surface area contributed by atoms with E-state index < -0.39 is 0 Å². The van der Waals surface area contributed by atoms with Gasteiger partial charge in [-0.25, -0.2) is 0 Å². The lowest BCUT2D eigenvalue weighted by Gasteiger charge is -2.14. The first-order valence-electron chi connectivity index (χ1n) is 7.54. The van der Waals surface area contributed by atoms with Gasteiger partial charge in [-0.1, -0.05) is 47.5 Å². The van der Waals surface area contributed by atoms with Crippen LogP contribution in [0.5, 0.6) is 0 Å². The van der Waals surface area contributed by atoms with Crippen LogP contribution >= 0.6 is 23.2 Å². The molecular weight excluding hydrogens is 331 g/mol. The van der Waals surface area contributed by atoms with E-state index in [1.807, 2.05) is 55.5 Å². The smallest absolute Gasteiger partial charge is 0.233 e. The summed E-state index contributed by atoms with van der Waals surface area (Å²) in [6.45, 7) is 2.86. The zero-order valence-corrected chi connectivity index (χ0v) is 14.5. The Hall–Kier alpha value is -1.55. The summed E-state index contributed by atoms with van der Waals surface area (Å²) in [4.78, 5) is 11.9. The maximum atomic E-state index is 11.9. The summed E-state index contributed by atoms with van der Waals surface area (Å²) in [5.74, 6) is -0.0269. The van der Waals surface area contributed by atoms with Crippen LogP contribution in [0, 0.1) is 0 Å². The Morgan fingerprint density at radius 3 is 2.48 bits per heavy atom. The van der Waals surface area contributed by atoms with Crippen molar-refractivity contribution in [2.45, 2.75) is 19.4 Å². The first-order valence-corrected chi connectivity index (χ1v) is 8.30. The van der Waals surface area contributed by atoms with Crippen LogP contribution in [0.15, 0.2) is 48.5 Å². The number of nitrogens with one attached hydrogen (secondary N) is 2. The summed E-state index contributed by atoms with van der Waals surface area (Å²) in [6, 6.07) is 15.3. The third kappa shape index (κ3) is 6.22. The van der Waals surface area contributed by atoms with E-state index in [4.69, 9.17) is 23.2 Å². The van der Waals surface area contributed by atoms with Crippen molar-refractivity contribution in [1.82, 2.24) is 10.6 Å². The Kier molecular flexibility index (Phi) is 6.90. The number of carbonyl (C=O) groups excluding carboxylic acids is 1. The van der Waals surface area contributed by atoms with E-state index in [1.54, 1.807) is 0 Å². The highest BCUT2D eigenvalue weighted by Gasteiger charge is 2.08. The van der Waals surface area contributed by atoms with Crippen LogP contribution < -0.4 is 10.6 Å². The van der Waals surface area contributed by atoms with Crippen molar-refractivity contribution >= 4 is 29.1 Å². The standard InChI is InChI=1S/C18H20Cl2N2O/c1-13(15-5-3-7-17(20)11-15)22-12-18(23)21-9-8-14-4-2-6-16(19)10-14/h2-7,10-11,13,22H,8-9,12H2,1H3,(H,21,23)/t13-/m1/s1. The molecule has 3 nitrogen and oxygen atoms in total. The molecule has 0 aromatic heterocycles. The van der Waals surface area contributed by atoms with E-state index >= 15 is 0 Å². The third-order valence-corrected chi connectivity index (χ3v) is 4.01. The number of hydrogen-bond acceptors (Lipinski definition) is 2. The summed E-state index contributed by atoms with van der Waals surface area (Å²) >= 11 is 11.9. The van der Waals surface area contributed by atoms with Crippen molar-refractivity contribution in [3.8, 4) is 0 Å². The predicted octanol–water partition coefficient (Wildman–Crippen LogP) is 4.00. The molecule has 2 aromatic rings. The molecular formula is C18H20Cl2N2O. The van der Waals surface area contributed by atoms with Crippen molar-refractivity contribution in [1.29, 1.82) is 0 Å². The van der Waals surface area contributed by atoms with E-state index in [2.05, 4.69) is 10.6 Å². The second kappa shape index (κ2) is 8.92. The Bertz CT molecular complexity index is 661. The van der Waals surface area contributed by atoms with Crippen LogP contribution in [-0.4, -0.2) is 19.0 Å². The van der Waals surface area contributed by atoms with Crippen LogP contribution in [0.2, 0.25) is 10.0 Å². The largest absolute Gasteiger partial charge is 0.355 e. The third-order valence-electron chi connectivity index (χ3n) is 3.54. The van der Waals surface area contributed by atoms with Crippen molar-refractivity contribution in [2.75, 3.05) is 13.1 Å². The van der Waals surface area contributed by atoms with E-state index in [1.165, 1.54) is 0 Å². The SMILES string of the molecule is C[C@@H](NCC(=O)NCCc1cccc(Cl)c1)c1cccc(Cl)c1. The first-order chi connectivity index (χ1) is 11.0. The second-order valence-electron chi connectivity index (χ2n) is 5.39. The average Bonchev–Trinajstić information content (AvgIpc) is 2.52. The van der Waals surface area contributed by atoms with Gasteiger partial charge in [0.2, 0.25) is 5.91 Å². The number of hydrogen-bond donors (Lipinski definition) is 2. The predicted molar refractivity (Wildman–Crippen MR) is 96.0 cm³/mol. The summed E-state index contributed by atoms with van der Waals surface area (Å²) in [7, 11) is 0. The lowest BCUT2D eigenvalue weighted by Crippen LogP contribution is -2.36. The average molecular weight is 351 g/mol. The molecule has 0 bridgehead atoms. The van der Waals surface area contributed by atoms with Crippen LogP contribution in [0.25, 0.3) is 0 Å². The van der Waals surface area contributed by atoms with Gasteiger partial charge >= 0.3 is 0 Å². The summed E-state index contributed by atoms with van der Waals surface area (Å²) in [5.41, 5.74) is 2.17. The maximum Gasteiger partial charge on any atom is 0.233 e. The highest BCUT2D eigenvalue weighted by Crippen LogP contribution is 2.17. The van der Waals surface area contributed by atoms with Gasteiger partial charge in [-0.15, -0.1) is 0 Å². The zero-order valence-electron chi connectivity index (χ0n) is 13.0. The lowest BCUT2D eigenvalue weighted by atomic mass is 10.1. The van der Waals surface area contributed by atoms with E-state index in [-0.39, 0.29) is 18.5 Å². The Balaban J connectivity index is 1.70. The molecule has 0 unspecified atom stereocenters. The van der Waals surface area contributed by atoms with Gasteiger partial charge in [0.25, 0.3) is 0 Å². The van der Waals surface area contributed by atoms with Crippen molar-refractivity contribution in [3.63, 3.8) is 0 Å². The van der Waals surface area contributed by atoms with Gasteiger partial charge in [0, 0.05) is 22.6 Å². The first kappa shape index (κ1) is 17.8. The molecule has 0 aliphatic carbocycles. The number of rotatable bonds is 7. The number of benzene rings is 2. The molecule has 1 atom stereocenters. The van der Waals surface area contributed by atoms with Gasteiger partial charge in [-0.3, -0.25) is 4.79 Å². The molecule has 0 spiro atoms. The highest BCUT2D eigenvalue weighted by molar-refractivity contribution is 6.30. The normalized spacial score (nSPS) is 12.0. The number of halogens is 2. The molecule has 2 rings (SSSR count). The van der Waals surface area contributed by atoms with Gasteiger partial charge < -0.3 is 10.6 Å². The van der Waals surface area contributed by atoms with Crippen LogP contribution in [0.1, 0.15) is 24.1 Å². The molecule has 0 aliphatic heterocycles. The Morgan fingerprint density at radius 1 is 1.09 bits per heavy atom. The minimum atomic E-state index is -0.0269. The minimum absolute atomic E-state index is 0.0269. The molecule has 5 heteroatoms. The summed E-state index contributed by atoms with van der Waals surface area (Å²) in [5, 5.41) is 7.50. The Labute approximate surface area is 147 Å². The van der Waals surface area contributed by atoms with Crippen molar-refractivity contribution in [3.05, 3.63) is 69.7 Å². The van der Waals surface area contributed by atoms with Crippen LogP contribution in [-0.2, 0) is 11.2 Å². The summed E-state index contributed by atoms with van der Waals surface area (Å²) < 4.78 is 0. The van der Waals surface area contributed by atoms with Gasteiger partial charge in [-0.2, -0.15) is 0 Å². The fraction of sp³-hybridized carbons (Fsp3) is 0.278. The van der Waals surface area contributed by atoms with Crippen LogP contribution in [0.3, 0.4) is 0 Å². The molecule has 23 heavy (non-hydrogen) atoms. The molecule has 1 amide bonds. The van der Waals surface area contributed by atoms with Gasteiger partial charge in [0.1, 0.15) is 0 Å². The number of carbonyl (C=O) groups is 1. The molecule has 0 aliphatic rings. The van der Waals surface area contributed by atoms with Crippen molar-refractivity contribution in [2.24, 2.45) is 0 Å². The molecule has 0 heterocycles.